The van der Waals surface area contributed by atoms with Gasteiger partial charge in [-0.1, -0.05) is 54.6 Å². The molecule has 0 saturated carbocycles. The van der Waals surface area contributed by atoms with Gasteiger partial charge in [0.05, 0.1) is 0 Å². The summed E-state index contributed by atoms with van der Waals surface area (Å²) in [4.78, 5) is 37.4. The van der Waals surface area contributed by atoms with Crippen LogP contribution in [0.5, 0.6) is 0 Å². The predicted octanol–water partition coefficient (Wildman–Crippen LogP) is 4.63. The van der Waals surface area contributed by atoms with Crippen molar-refractivity contribution >= 4 is 18.0 Å². The highest BCUT2D eigenvalue weighted by molar-refractivity contribution is 5.96. The predicted molar refractivity (Wildman–Crippen MR) is 123 cm³/mol. The second-order valence-corrected chi connectivity index (χ2v) is 9.64. The summed E-state index contributed by atoms with van der Waals surface area (Å²) in [6.45, 7) is 8.30. The Bertz CT molecular complexity index is 972. The van der Waals surface area contributed by atoms with E-state index < -0.39 is 41.4 Å². The first-order valence-electron chi connectivity index (χ1n) is 11.0. The molecule has 1 amide bonds. The Balaban J connectivity index is 1.76. The lowest BCUT2D eigenvalue weighted by atomic mass is 9.93. The summed E-state index contributed by atoms with van der Waals surface area (Å²) >= 11 is 0. The Kier molecular flexibility index (Phi) is 7.10. The van der Waals surface area contributed by atoms with E-state index in [-0.39, 0.29) is 6.42 Å². The van der Waals surface area contributed by atoms with Crippen LogP contribution in [-0.4, -0.2) is 35.5 Å². The molecule has 176 valence electrons. The van der Waals surface area contributed by atoms with Crippen LogP contribution < -0.4 is 5.32 Å². The minimum atomic E-state index is -1.30. The van der Waals surface area contributed by atoms with Gasteiger partial charge in [0.15, 0.2) is 5.92 Å². The molecule has 7 nitrogen and oxygen atoms in total. The molecule has 33 heavy (non-hydrogen) atoms. The van der Waals surface area contributed by atoms with Crippen molar-refractivity contribution in [1.82, 2.24) is 5.32 Å². The SMILES string of the molecule is CC(C)(C)OC(=O)N[C@H](Cc1ccc(-c2ccccc2)cc1)CC1C(=O)OC(C)(C)OC1=O. The molecule has 2 aromatic carbocycles. The fraction of sp³-hybridized carbons (Fsp3) is 0.423. The van der Waals surface area contributed by atoms with Gasteiger partial charge in [-0.05, 0) is 50.3 Å². The summed E-state index contributed by atoms with van der Waals surface area (Å²) in [7, 11) is 0. The fourth-order valence-corrected chi connectivity index (χ4v) is 3.64. The highest BCUT2D eigenvalue weighted by Gasteiger charge is 2.44. The number of hydrogen-bond donors (Lipinski definition) is 1. The van der Waals surface area contributed by atoms with E-state index in [0.29, 0.717) is 6.42 Å². The molecule has 1 aliphatic rings. The first-order valence-corrected chi connectivity index (χ1v) is 11.0. The number of esters is 2. The lowest BCUT2D eigenvalue weighted by Gasteiger charge is -2.34. The lowest BCUT2D eigenvalue weighted by molar-refractivity contribution is -0.240. The minimum absolute atomic E-state index is 0.0351. The molecule has 0 unspecified atom stereocenters. The van der Waals surface area contributed by atoms with Gasteiger partial charge < -0.3 is 19.5 Å². The molecule has 0 spiro atoms. The van der Waals surface area contributed by atoms with E-state index in [1.54, 1.807) is 20.8 Å². The number of ether oxygens (including phenoxy) is 3. The zero-order valence-electron chi connectivity index (χ0n) is 19.7. The Hall–Kier alpha value is -3.35. The topological polar surface area (TPSA) is 90.9 Å². The van der Waals surface area contributed by atoms with Crippen molar-refractivity contribution in [3.8, 4) is 11.1 Å². The Morgan fingerprint density at radius 1 is 0.970 bits per heavy atom. The largest absolute Gasteiger partial charge is 0.444 e. The summed E-state index contributed by atoms with van der Waals surface area (Å²) < 4.78 is 15.8. The molecule has 7 heteroatoms. The monoisotopic (exact) mass is 453 g/mol. The van der Waals surface area contributed by atoms with Crippen molar-refractivity contribution in [2.24, 2.45) is 5.92 Å². The molecule has 0 radical (unpaired) electrons. The highest BCUT2D eigenvalue weighted by Crippen LogP contribution is 2.27. The summed E-state index contributed by atoms with van der Waals surface area (Å²) in [5.74, 6) is -3.74. The van der Waals surface area contributed by atoms with E-state index in [0.717, 1.165) is 16.7 Å². The quantitative estimate of drug-likeness (QED) is 0.506. The van der Waals surface area contributed by atoms with E-state index in [9.17, 15) is 14.4 Å². The van der Waals surface area contributed by atoms with Gasteiger partial charge in [-0.2, -0.15) is 0 Å². The molecule has 0 aromatic heterocycles. The third-order valence-corrected chi connectivity index (χ3v) is 5.05. The maximum Gasteiger partial charge on any atom is 0.407 e. The summed E-state index contributed by atoms with van der Waals surface area (Å²) in [5.41, 5.74) is 2.42. The van der Waals surface area contributed by atoms with E-state index in [1.165, 1.54) is 13.8 Å². The van der Waals surface area contributed by atoms with Crippen LogP contribution in [0.15, 0.2) is 54.6 Å². The Morgan fingerprint density at radius 3 is 2.06 bits per heavy atom. The normalized spacial score (nSPS) is 17.0. The molecule has 0 aliphatic carbocycles. The number of rotatable bonds is 6. The summed E-state index contributed by atoms with van der Waals surface area (Å²) in [6.07, 6.45) is -0.186. The van der Waals surface area contributed by atoms with Gasteiger partial charge in [0.2, 0.25) is 0 Å². The molecule has 1 fully saturated rings. The maximum atomic E-state index is 12.5. The molecule has 1 saturated heterocycles. The molecule has 3 rings (SSSR count). The summed E-state index contributed by atoms with van der Waals surface area (Å²) in [6, 6.07) is 17.4. The third-order valence-electron chi connectivity index (χ3n) is 5.05. The number of cyclic esters (lactones) is 2. The van der Waals surface area contributed by atoms with Gasteiger partial charge in [0, 0.05) is 19.9 Å². The van der Waals surface area contributed by atoms with E-state index in [1.807, 2.05) is 54.6 Å². The van der Waals surface area contributed by atoms with Crippen LogP contribution in [0.25, 0.3) is 11.1 Å². The van der Waals surface area contributed by atoms with Crippen molar-refractivity contribution < 1.29 is 28.6 Å². The Morgan fingerprint density at radius 2 is 1.52 bits per heavy atom. The summed E-state index contributed by atoms with van der Waals surface area (Å²) in [5, 5.41) is 2.80. The smallest absolute Gasteiger partial charge is 0.407 e. The number of carbonyl (C=O) groups is 3. The first kappa shape index (κ1) is 24.3. The van der Waals surface area contributed by atoms with Crippen LogP contribution in [0.3, 0.4) is 0 Å². The number of benzene rings is 2. The van der Waals surface area contributed by atoms with Crippen molar-refractivity contribution in [1.29, 1.82) is 0 Å². The second kappa shape index (κ2) is 9.65. The van der Waals surface area contributed by atoms with Gasteiger partial charge in [-0.3, -0.25) is 9.59 Å². The molecule has 1 aliphatic heterocycles. The number of hydrogen-bond acceptors (Lipinski definition) is 6. The third kappa shape index (κ3) is 7.07. The molecule has 1 N–H and O–H groups in total. The second-order valence-electron chi connectivity index (χ2n) is 9.64. The van der Waals surface area contributed by atoms with Gasteiger partial charge >= 0.3 is 18.0 Å². The van der Waals surface area contributed by atoms with Crippen molar-refractivity contribution in [2.45, 2.75) is 64.9 Å². The van der Waals surface area contributed by atoms with E-state index >= 15 is 0 Å². The van der Waals surface area contributed by atoms with Crippen LogP contribution in [0.2, 0.25) is 0 Å². The van der Waals surface area contributed by atoms with Gasteiger partial charge in [-0.15, -0.1) is 0 Å². The zero-order valence-corrected chi connectivity index (χ0v) is 19.7. The van der Waals surface area contributed by atoms with Crippen LogP contribution >= 0.6 is 0 Å². The molecule has 2 aromatic rings. The maximum absolute atomic E-state index is 12.5. The molecular weight excluding hydrogens is 422 g/mol. The number of alkyl carbamates (subject to hydrolysis) is 1. The number of carbonyl (C=O) groups excluding carboxylic acids is 3. The molecule has 1 heterocycles. The van der Waals surface area contributed by atoms with Crippen LogP contribution in [0, 0.1) is 5.92 Å². The Labute approximate surface area is 194 Å². The van der Waals surface area contributed by atoms with Gasteiger partial charge in [0.1, 0.15) is 5.60 Å². The minimum Gasteiger partial charge on any atom is -0.444 e. The van der Waals surface area contributed by atoms with Gasteiger partial charge in [0.25, 0.3) is 5.79 Å². The number of amides is 1. The number of nitrogens with one attached hydrogen (secondary N) is 1. The van der Waals surface area contributed by atoms with Crippen molar-refractivity contribution in [3.63, 3.8) is 0 Å². The fourth-order valence-electron chi connectivity index (χ4n) is 3.64. The van der Waals surface area contributed by atoms with Crippen molar-refractivity contribution in [2.75, 3.05) is 0 Å². The van der Waals surface area contributed by atoms with Crippen molar-refractivity contribution in [3.05, 3.63) is 60.2 Å². The molecular formula is C26H31NO6. The van der Waals surface area contributed by atoms with Crippen LogP contribution in [-0.2, 0) is 30.2 Å². The molecule has 1 atom stereocenters. The first-order chi connectivity index (χ1) is 15.4. The van der Waals surface area contributed by atoms with Crippen LogP contribution in [0.1, 0.15) is 46.6 Å². The highest BCUT2D eigenvalue weighted by atomic mass is 16.7. The average molecular weight is 454 g/mol. The van der Waals surface area contributed by atoms with Gasteiger partial charge in [-0.25, -0.2) is 4.79 Å². The lowest BCUT2D eigenvalue weighted by Crippen LogP contribution is -2.49. The average Bonchev–Trinajstić information content (AvgIpc) is 2.69. The standard InChI is InChI=1S/C26H31NO6/c1-25(2,3)33-24(30)27-20(16-21-22(28)31-26(4,5)32-23(21)29)15-17-11-13-19(14-12-17)18-9-7-6-8-10-18/h6-14,20-21H,15-16H2,1-5H3,(H,27,30)/t20-/m1/s1. The van der Waals surface area contributed by atoms with E-state index in [2.05, 4.69) is 5.32 Å². The molecule has 0 bridgehead atoms. The van der Waals surface area contributed by atoms with E-state index in [4.69, 9.17) is 14.2 Å². The van der Waals surface area contributed by atoms with Crippen LogP contribution in [0.4, 0.5) is 4.79 Å². The zero-order chi connectivity index (χ0) is 24.2.